The van der Waals surface area contributed by atoms with Crippen LogP contribution in [0.3, 0.4) is 0 Å². The minimum absolute atomic E-state index is 0.173. The number of carbonyl (C=O) groups excluding carboxylic acids is 2. The van der Waals surface area contributed by atoms with E-state index in [9.17, 15) is 29.4 Å². The molecule has 210 valence electrons. The second-order valence-corrected chi connectivity index (χ2v) is 9.51. The van der Waals surface area contributed by atoms with Gasteiger partial charge in [0, 0.05) is 49.5 Å². The number of unbranched alkanes of at least 4 members (excludes halogenated alkanes) is 9. The van der Waals surface area contributed by atoms with Crippen molar-refractivity contribution in [3.63, 3.8) is 0 Å². The average molecular weight is 533 g/mol. The highest BCUT2D eigenvalue weighted by Gasteiger charge is 2.21. The molecule has 2 aromatic heterocycles. The first kappa shape index (κ1) is 30.5. The fourth-order valence-electron chi connectivity index (χ4n) is 4.15. The predicted octanol–water partition coefficient (Wildman–Crippen LogP) is 2.74. The van der Waals surface area contributed by atoms with Gasteiger partial charge in [0.1, 0.15) is 12.1 Å². The summed E-state index contributed by atoms with van der Waals surface area (Å²) in [6.45, 7) is 0. The Kier molecular flexibility index (Phi) is 14.2. The number of nitrogens with one attached hydrogen (secondary N) is 4. The van der Waals surface area contributed by atoms with Gasteiger partial charge in [0.25, 0.3) is 0 Å². The molecule has 38 heavy (non-hydrogen) atoms. The quantitative estimate of drug-likeness (QED) is 0.132. The molecule has 2 rings (SSSR count). The van der Waals surface area contributed by atoms with Gasteiger partial charge < -0.3 is 30.8 Å². The molecule has 0 aliphatic heterocycles. The largest absolute Gasteiger partial charge is 0.480 e. The molecule has 0 aliphatic rings. The molecule has 0 unspecified atom stereocenters. The summed E-state index contributed by atoms with van der Waals surface area (Å²) in [5.74, 6) is -2.63. The van der Waals surface area contributed by atoms with Crippen molar-refractivity contribution in [1.29, 1.82) is 0 Å². The van der Waals surface area contributed by atoms with Crippen molar-refractivity contribution in [2.45, 2.75) is 102 Å². The number of carboxylic acids is 2. The average Bonchev–Trinajstić information content (AvgIpc) is 3.58. The zero-order valence-electron chi connectivity index (χ0n) is 21.8. The number of aromatic nitrogens is 4. The number of carbonyl (C=O) groups is 4. The van der Waals surface area contributed by atoms with Crippen LogP contribution in [-0.2, 0) is 32.0 Å². The monoisotopic (exact) mass is 532 g/mol. The first-order valence-corrected chi connectivity index (χ1v) is 13.3. The molecule has 0 spiro atoms. The number of aromatic amines is 2. The van der Waals surface area contributed by atoms with Crippen molar-refractivity contribution in [3.8, 4) is 0 Å². The van der Waals surface area contributed by atoms with Crippen molar-refractivity contribution in [2.75, 3.05) is 0 Å². The zero-order valence-corrected chi connectivity index (χ0v) is 21.8. The zero-order chi connectivity index (χ0) is 27.6. The second-order valence-electron chi connectivity index (χ2n) is 9.51. The van der Waals surface area contributed by atoms with E-state index in [-0.39, 0.29) is 24.7 Å². The van der Waals surface area contributed by atoms with Crippen molar-refractivity contribution in [2.24, 2.45) is 0 Å². The molecule has 0 saturated carbocycles. The fraction of sp³-hybridized carbons (Fsp3) is 0.615. The minimum atomic E-state index is -1.07. The number of aliphatic carboxylic acids is 2. The van der Waals surface area contributed by atoms with Gasteiger partial charge >= 0.3 is 11.9 Å². The Balaban J connectivity index is 1.41. The number of amides is 2. The molecule has 12 heteroatoms. The van der Waals surface area contributed by atoms with Crippen LogP contribution >= 0.6 is 0 Å². The molecule has 6 N–H and O–H groups in total. The third-order valence-corrected chi connectivity index (χ3v) is 6.28. The van der Waals surface area contributed by atoms with Crippen LogP contribution in [-0.4, -0.2) is 66.0 Å². The molecule has 0 fully saturated rings. The predicted molar refractivity (Wildman–Crippen MR) is 139 cm³/mol. The maximum Gasteiger partial charge on any atom is 0.326 e. The second kappa shape index (κ2) is 17.7. The summed E-state index contributed by atoms with van der Waals surface area (Å²) >= 11 is 0. The van der Waals surface area contributed by atoms with Crippen molar-refractivity contribution >= 4 is 23.8 Å². The van der Waals surface area contributed by atoms with Gasteiger partial charge in [-0.3, -0.25) is 9.59 Å². The Labute approximate surface area is 222 Å². The lowest BCUT2D eigenvalue weighted by Crippen LogP contribution is -2.42. The number of rotatable bonds is 21. The summed E-state index contributed by atoms with van der Waals surface area (Å²) in [6.07, 6.45) is 16.8. The highest BCUT2D eigenvalue weighted by molar-refractivity contribution is 5.84. The maximum absolute atomic E-state index is 12.1. The SMILES string of the molecule is O=C(CCCCCCCCCCCCC(=O)N[C@@H](Cc1cnc[nH]1)C(=O)O)N[C@@H](Cc1cnc[nH]1)C(=O)O. The molecular formula is C26H40N6O6. The van der Waals surface area contributed by atoms with E-state index in [0.29, 0.717) is 24.2 Å². The number of hydrogen-bond acceptors (Lipinski definition) is 6. The van der Waals surface area contributed by atoms with Crippen LogP contribution in [0.1, 0.15) is 88.4 Å². The first-order valence-electron chi connectivity index (χ1n) is 13.3. The van der Waals surface area contributed by atoms with E-state index in [1.807, 2.05) is 0 Å². The van der Waals surface area contributed by atoms with E-state index >= 15 is 0 Å². The van der Waals surface area contributed by atoms with Gasteiger partial charge in [0.15, 0.2) is 0 Å². The van der Waals surface area contributed by atoms with Crippen LogP contribution in [0.15, 0.2) is 25.0 Å². The number of carboxylic acid groups (broad SMARTS) is 2. The van der Waals surface area contributed by atoms with Gasteiger partial charge in [0.05, 0.1) is 12.7 Å². The summed E-state index contributed by atoms with van der Waals surface area (Å²) in [4.78, 5) is 60.3. The molecule has 0 aromatic carbocycles. The van der Waals surface area contributed by atoms with Gasteiger partial charge in [-0.05, 0) is 12.8 Å². The molecule has 0 radical (unpaired) electrons. The van der Waals surface area contributed by atoms with Crippen LogP contribution in [0.5, 0.6) is 0 Å². The normalized spacial score (nSPS) is 12.5. The summed E-state index contributed by atoms with van der Waals surface area (Å²) in [7, 11) is 0. The van der Waals surface area contributed by atoms with Crippen molar-refractivity contribution in [1.82, 2.24) is 30.6 Å². The third-order valence-electron chi connectivity index (χ3n) is 6.28. The van der Waals surface area contributed by atoms with Crippen LogP contribution < -0.4 is 10.6 Å². The standard InChI is InChI=1S/C26H40N6O6/c33-23(31-21(25(35)36)13-19-15-27-17-29-19)11-9-7-5-3-1-2-4-6-8-10-12-24(34)32-22(26(37)38)14-20-16-28-18-30-20/h15-18,21-22H,1-14H2,(H,27,29)(H,28,30)(H,31,33)(H,32,34)(H,35,36)(H,37,38)/t21-,22-/m0/s1. The van der Waals surface area contributed by atoms with Crippen LogP contribution in [0.2, 0.25) is 0 Å². The van der Waals surface area contributed by atoms with Gasteiger partial charge in [-0.25, -0.2) is 19.6 Å². The van der Waals surface area contributed by atoms with Gasteiger partial charge in [0.2, 0.25) is 11.8 Å². The molecule has 0 aliphatic carbocycles. The number of H-pyrrole nitrogens is 2. The molecule has 2 atom stereocenters. The molecule has 2 heterocycles. The Morgan fingerprint density at radius 2 is 0.974 bits per heavy atom. The van der Waals surface area contributed by atoms with Crippen LogP contribution in [0, 0.1) is 0 Å². The van der Waals surface area contributed by atoms with E-state index in [1.165, 1.54) is 12.7 Å². The number of imidazole rings is 2. The van der Waals surface area contributed by atoms with Crippen molar-refractivity contribution in [3.05, 3.63) is 36.4 Å². The summed E-state index contributed by atoms with van der Waals surface area (Å²) in [6, 6.07) is -1.93. The first-order chi connectivity index (χ1) is 18.3. The minimum Gasteiger partial charge on any atom is -0.480 e. The summed E-state index contributed by atoms with van der Waals surface area (Å²) < 4.78 is 0. The smallest absolute Gasteiger partial charge is 0.326 e. The van der Waals surface area contributed by atoms with Crippen molar-refractivity contribution < 1.29 is 29.4 Å². The van der Waals surface area contributed by atoms with Crippen LogP contribution in [0.25, 0.3) is 0 Å². The molecular weight excluding hydrogens is 492 g/mol. The lowest BCUT2D eigenvalue weighted by Gasteiger charge is -2.13. The van der Waals surface area contributed by atoms with Gasteiger partial charge in [-0.15, -0.1) is 0 Å². The number of hydrogen-bond donors (Lipinski definition) is 6. The van der Waals surface area contributed by atoms with E-state index < -0.39 is 24.0 Å². The topological polar surface area (TPSA) is 190 Å². The fourth-order valence-corrected chi connectivity index (χ4v) is 4.15. The molecule has 0 saturated heterocycles. The Morgan fingerprint density at radius 1 is 0.632 bits per heavy atom. The Hall–Kier alpha value is -3.70. The molecule has 12 nitrogen and oxygen atoms in total. The molecule has 2 aromatic rings. The summed E-state index contributed by atoms with van der Waals surface area (Å²) in [5, 5.41) is 23.8. The highest BCUT2D eigenvalue weighted by atomic mass is 16.4. The van der Waals surface area contributed by atoms with E-state index in [2.05, 4.69) is 30.6 Å². The highest BCUT2D eigenvalue weighted by Crippen LogP contribution is 2.12. The Morgan fingerprint density at radius 3 is 1.26 bits per heavy atom. The molecule has 2 amide bonds. The van der Waals surface area contributed by atoms with Crippen LogP contribution in [0.4, 0.5) is 0 Å². The number of nitrogens with zero attached hydrogens (tertiary/aromatic N) is 2. The third kappa shape index (κ3) is 13.0. The lowest BCUT2D eigenvalue weighted by atomic mass is 10.0. The summed E-state index contributed by atoms with van der Waals surface area (Å²) in [5.41, 5.74) is 1.32. The Bertz CT molecular complexity index is 885. The molecule has 0 bridgehead atoms. The van der Waals surface area contributed by atoms with Gasteiger partial charge in [-0.1, -0.05) is 51.4 Å². The maximum atomic E-state index is 12.1. The lowest BCUT2D eigenvalue weighted by molar-refractivity contribution is -0.142. The van der Waals surface area contributed by atoms with E-state index in [4.69, 9.17) is 0 Å². The van der Waals surface area contributed by atoms with Gasteiger partial charge in [-0.2, -0.15) is 0 Å². The van der Waals surface area contributed by atoms with E-state index in [0.717, 1.165) is 64.2 Å². The van der Waals surface area contributed by atoms with E-state index in [1.54, 1.807) is 12.4 Å².